The van der Waals surface area contributed by atoms with Gasteiger partial charge in [0.1, 0.15) is 0 Å². The van der Waals surface area contributed by atoms with Gasteiger partial charge in [-0.2, -0.15) is 5.10 Å². The summed E-state index contributed by atoms with van der Waals surface area (Å²) in [5.41, 5.74) is 2.26. The minimum absolute atomic E-state index is 0.833. The van der Waals surface area contributed by atoms with E-state index in [-0.39, 0.29) is 0 Å². The van der Waals surface area contributed by atoms with E-state index in [0.717, 1.165) is 33.3 Å². The first-order chi connectivity index (χ1) is 10.7. The minimum Gasteiger partial charge on any atom is -0.302 e. The third-order valence-electron chi connectivity index (χ3n) is 3.28. The molecule has 0 spiro atoms. The van der Waals surface area contributed by atoms with Crippen LogP contribution in [0.1, 0.15) is 12.5 Å². The predicted octanol–water partition coefficient (Wildman–Crippen LogP) is 3.75. The number of thioether (sulfide) groups is 1. The van der Waals surface area contributed by atoms with E-state index in [4.69, 9.17) is 0 Å². The normalized spacial score (nSPS) is 11.0. The predicted molar refractivity (Wildman–Crippen MR) is 91.6 cm³/mol. The van der Waals surface area contributed by atoms with Crippen molar-refractivity contribution in [2.75, 3.05) is 0 Å². The molecule has 3 rings (SSSR count). The lowest BCUT2D eigenvalue weighted by Gasteiger charge is -2.06. The summed E-state index contributed by atoms with van der Waals surface area (Å²) in [5, 5.41) is 13.8. The molecule has 0 bridgehead atoms. The highest BCUT2D eigenvalue weighted by molar-refractivity contribution is 9.10. The summed E-state index contributed by atoms with van der Waals surface area (Å²) < 4.78 is 5.00. The van der Waals surface area contributed by atoms with E-state index in [1.54, 1.807) is 16.4 Å². The average Bonchev–Trinajstić information content (AvgIpc) is 3.12. The molecule has 2 aromatic heterocycles. The maximum atomic E-state index is 4.33. The summed E-state index contributed by atoms with van der Waals surface area (Å²) in [6, 6.07) is 8.35. The topological polar surface area (TPSA) is 48.5 Å². The van der Waals surface area contributed by atoms with Crippen molar-refractivity contribution in [1.29, 1.82) is 0 Å². The number of aryl methyl sites for hydroxylation is 1. The molecule has 114 valence electrons. The molecular formula is C15H16BrN5S. The Kier molecular flexibility index (Phi) is 4.63. The molecule has 0 saturated carbocycles. The van der Waals surface area contributed by atoms with Gasteiger partial charge in [-0.1, -0.05) is 39.8 Å². The lowest BCUT2D eigenvalue weighted by molar-refractivity contribution is 0.687. The van der Waals surface area contributed by atoms with Crippen LogP contribution in [-0.4, -0.2) is 24.5 Å². The van der Waals surface area contributed by atoms with Crippen molar-refractivity contribution in [3.05, 3.63) is 46.7 Å². The monoisotopic (exact) mass is 377 g/mol. The molecule has 0 saturated heterocycles. The van der Waals surface area contributed by atoms with Crippen LogP contribution >= 0.6 is 27.7 Å². The molecule has 2 heterocycles. The van der Waals surface area contributed by atoms with Crippen LogP contribution in [0.2, 0.25) is 0 Å². The molecule has 0 aliphatic rings. The summed E-state index contributed by atoms with van der Waals surface area (Å²) in [4.78, 5) is 0. The first-order valence-electron chi connectivity index (χ1n) is 6.97. The summed E-state index contributed by atoms with van der Waals surface area (Å²) in [6.07, 6.45) is 3.78. The minimum atomic E-state index is 0.833. The van der Waals surface area contributed by atoms with Crippen LogP contribution in [0.5, 0.6) is 0 Å². The highest BCUT2D eigenvalue weighted by atomic mass is 79.9. The van der Waals surface area contributed by atoms with Gasteiger partial charge >= 0.3 is 0 Å². The van der Waals surface area contributed by atoms with E-state index < -0.39 is 0 Å². The largest absolute Gasteiger partial charge is 0.302 e. The second-order valence-electron chi connectivity index (χ2n) is 4.87. The van der Waals surface area contributed by atoms with E-state index in [1.165, 1.54) is 5.56 Å². The van der Waals surface area contributed by atoms with Crippen molar-refractivity contribution >= 4 is 27.7 Å². The number of nitrogens with zero attached hydrogens (tertiary/aromatic N) is 5. The average molecular weight is 378 g/mol. The third-order valence-corrected chi connectivity index (χ3v) is 4.84. The Bertz CT molecular complexity index is 763. The van der Waals surface area contributed by atoms with Crippen LogP contribution in [0, 0.1) is 0 Å². The summed E-state index contributed by atoms with van der Waals surface area (Å²) in [6.45, 7) is 2.94. The molecule has 1 aromatic carbocycles. The Morgan fingerprint density at radius 3 is 2.59 bits per heavy atom. The van der Waals surface area contributed by atoms with Crippen molar-refractivity contribution in [3.8, 4) is 11.4 Å². The van der Waals surface area contributed by atoms with Crippen LogP contribution < -0.4 is 0 Å². The Balaban J connectivity index is 1.79. The molecule has 0 N–H and O–H groups in total. The van der Waals surface area contributed by atoms with E-state index in [0.29, 0.717) is 0 Å². The van der Waals surface area contributed by atoms with E-state index in [1.807, 2.05) is 19.4 Å². The van der Waals surface area contributed by atoms with Crippen molar-refractivity contribution in [3.63, 3.8) is 0 Å². The fraction of sp³-hybridized carbons (Fsp3) is 0.267. The highest BCUT2D eigenvalue weighted by Crippen LogP contribution is 2.26. The van der Waals surface area contributed by atoms with Crippen LogP contribution in [-0.2, 0) is 19.3 Å². The Morgan fingerprint density at radius 1 is 1.18 bits per heavy atom. The zero-order chi connectivity index (χ0) is 15.5. The van der Waals surface area contributed by atoms with Crippen molar-refractivity contribution < 1.29 is 0 Å². The van der Waals surface area contributed by atoms with Crippen LogP contribution in [0.25, 0.3) is 11.4 Å². The highest BCUT2D eigenvalue weighted by Gasteiger charge is 2.14. The van der Waals surface area contributed by atoms with Crippen molar-refractivity contribution in [2.24, 2.45) is 7.05 Å². The molecule has 3 aromatic rings. The van der Waals surface area contributed by atoms with Crippen LogP contribution in [0.4, 0.5) is 0 Å². The number of aromatic nitrogens is 5. The number of benzene rings is 1. The number of rotatable bonds is 5. The van der Waals surface area contributed by atoms with E-state index in [9.17, 15) is 0 Å². The first kappa shape index (κ1) is 15.3. The van der Waals surface area contributed by atoms with Gasteiger partial charge in [0.05, 0.1) is 11.8 Å². The molecular weight excluding hydrogens is 362 g/mol. The molecule has 0 unspecified atom stereocenters. The van der Waals surface area contributed by atoms with Gasteiger partial charge in [-0.25, -0.2) is 0 Å². The summed E-state index contributed by atoms with van der Waals surface area (Å²) >= 11 is 5.15. The van der Waals surface area contributed by atoms with Gasteiger partial charge in [0.25, 0.3) is 0 Å². The zero-order valence-electron chi connectivity index (χ0n) is 12.4. The standard InChI is InChI=1S/C15H16BrN5S/c1-3-21-14(12-8-17-20(2)9-12)18-19-15(21)22-10-11-4-6-13(16)7-5-11/h4-9H,3,10H2,1-2H3. The van der Waals surface area contributed by atoms with E-state index >= 15 is 0 Å². The molecule has 0 aliphatic heterocycles. The van der Waals surface area contributed by atoms with Gasteiger partial charge < -0.3 is 4.57 Å². The Labute approximate surface area is 141 Å². The Morgan fingerprint density at radius 2 is 1.95 bits per heavy atom. The summed E-state index contributed by atoms with van der Waals surface area (Å²) in [7, 11) is 1.90. The first-order valence-corrected chi connectivity index (χ1v) is 8.74. The lowest BCUT2D eigenvalue weighted by atomic mass is 10.2. The molecule has 22 heavy (non-hydrogen) atoms. The maximum absolute atomic E-state index is 4.33. The van der Waals surface area contributed by atoms with Gasteiger partial charge in [-0.3, -0.25) is 4.68 Å². The molecule has 0 radical (unpaired) electrons. The second-order valence-corrected chi connectivity index (χ2v) is 6.73. The molecule has 0 aliphatic carbocycles. The van der Waals surface area contributed by atoms with Gasteiger partial charge in [0, 0.05) is 30.0 Å². The zero-order valence-corrected chi connectivity index (χ0v) is 14.8. The second kappa shape index (κ2) is 6.66. The van der Waals surface area contributed by atoms with E-state index in [2.05, 4.69) is 67.0 Å². The lowest BCUT2D eigenvalue weighted by Crippen LogP contribution is -1.99. The fourth-order valence-corrected chi connectivity index (χ4v) is 3.38. The van der Waals surface area contributed by atoms with Crippen molar-refractivity contribution in [2.45, 2.75) is 24.4 Å². The number of hydrogen-bond donors (Lipinski definition) is 0. The van der Waals surface area contributed by atoms with Crippen molar-refractivity contribution in [1.82, 2.24) is 24.5 Å². The van der Waals surface area contributed by atoms with Gasteiger partial charge in [0.2, 0.25) is 0 Å². The maximum Gasteiger partial charge on any atom is 0.191 e. The third kappa shape index (κ3) is 3.25. The summed E-state index contributed by atoms with van der Waals surface area (Å²) in [5.74, 6) is 1.74. The number of halogens is 1. The van der Waals surface area contributed by atoms with Gasteiger partial charge in [-0.15, -0.1) is 10.2 Å². The molecule has 0 fully saturated rings. The molecule has 0 atom stereocenters. The van der Waals surface area contributed by atoms with Gasteiger partial charge in [-0.05, 0) is 24.6 Å². The van der Waals surface area contributed by atoms with Crippen LogP contribution in [0.3, 0.4) is 0 Å². The molecule has 0 amide bonds. The molecule has 7 heteroatoms. The number of hydrogen-bond acceptors (Lipinski definition) is 4. The smallest absolute Gasteiger partial charge is 0.191 e. The molecule has 5 nitrogen and oxygen atoms in total. The quantitative estimate of drug-likeness (QED) is 0.635. The SMILES string of the molecule is CCn1c(SCc2ccc(Br)cc2)nnc1-c1cnn(C)c1. The fourth-order valence-electron chi connectivity index (χ4n) is 2.16. The van der Waals surface area contributed by atoms with Crippen LogP contribution in [0.15, 0.2) is 46.3 Å². The van der Waals surface area contributed by atoms with Gasteiger partial charge in [0.15, 0.2) is 11.0 Å². The Hall–Kier alpha value is -1.60.